The molecule has 2 nitrogen and oxygen atoms in total. The molecule has 2 heterocycles. The number of hydrogen-bond acceptors (Lipinski definition) is 3. The minimum Gasteiger partial charge on any atom is -0.375 e. The van der Waals surface area contributed by atoms with E-state index in [0.717, 1.165) is 9.90 Å². The van der Waals surface area contributed by atoms with E-state index in [-0.39, 0.29) is 18.2 Å². The first kappa shape index (κ1) is 12.4. The van der Waals surface area contributed by atoms with Crippen LogP contribution in [-0.4, -0.2) is 12.2 Å². The van der Waals surface area contributed by atoms with Crippen molar-refractivity contribution in [3.8, 4) is 0 Å². The lowest BCUT2D eigenvalue weighted by molar-refractivity contribution is 0.0490. The third-order valence-corrected chi connectivity index (χ3v) is 5.14. The summed E-state index contributed by atoms with van der Waals surface area (Å²) in [7, 11) is 0. The molecule has 2 N–H and O–H groups in total. The van der Waals surface area contributed by atoms with Crippen molar-refractivity contribution in [3.63, 3.8) is 0 Å². The lowest BCUT2D eigenvalue weighted by Crippen LogP contribution is -2.30. The number of rotatable bonds is 2. The molecule has 2 rings (SSSR count). The number of nitrogens with two attached hydrogens (primary N) is 1. The summed E-state index contributed by atoms with van der Waals surface area (Å²) >= 11 is 7.77. The average molecular weight is 260 g/mol. The van der Waals surface area contributed by atoms with Gasteiger partial charge in [0, 0.05) is 16.8 Å². The fourth-order valence-electron chi connectivity index (χ4n) is 2.63. The van der Waals surface area contributed by atoms with E-state index in [9.17, 15) is 0 Å². The standard InChI is InChI=1S/C12H18ClNOS/c1-6-7(2)15-8(3)10(6)11(14)12-9(13)4-5-16-12/h4-8,10-11H,14H2,1-3H3. The van der Waals surface area contributed by atoms with Crippen LogP contribution in [0, 0.1) is 11.8 Å². The van der Waals surface area contributed by atoms with Crippen molar-refractivity contribution in [2.24, 2.45) is 17.6 Å². The van der Waals surface area contributed by atoms with E-state index in [1.165, 1.54) is 0 Å². The zero-order valence-electron chi connectivity index (χ0n) is 9.81. The molecule has 16 heavy (non-hydrogen) atoms. The molecule has 5 unspecified atom stereocenters. The Labute approximate surface area is 106 Å². The third kappa shape index (κ3) is 2.02. The summed E-state index contributed by atoms with van der Waals surface area (Å²) in [6.07, 6.45) is 0.489. The average Bonchev–Trinajstić information content (AvgIpc) is 2.73. The van der Waals surface area contributed by atoms with Crippen LogP contribution in [0.25, 0.3) is 0 Å². The molecule has 1 aromatic heterocycles. The monoisotopic (exact) mass is 259 g/mol. The Morgan fingerprint density at radius 2 is 2.06 bits per heavy atom. The van der Waals surface area contributed by atoms with Crippen LogP contribution in [0.5, 0.6) is 0 Å². The van der Waals surface area contributed by atoms with Crippen molar-refractivity contribution in [2.75, 3.05) is 0 Å². The Morgan fingerprint density at radius 1 is 1.38 bits per heavy atom. The first-order chi connectivity index (χ1) is 7.52. The van der Waals surface area contributed by atoms with Crippen molar-refractivity contribution in [1.82, 2.24) is 0 Å². The number of halogens is 1. The minimum atomic E-state index is -0.0116. The SMILES string of the molecule is CC1OC(C)C(C(N)c2sccc2Cl)C1C. The predicted octanol–water partition coefficient (Wildman–Crippen LogP) is 3.46. The lowest BCUT2D eigenvalue weighted by atomic mass is 9.83. The molecule has 0 spiro atoms. The second-order valence-corrected chi connectivity index (χ2v) is 6.00. The van der Waals surface area contributed by atoms with Crippen LogP contribution < -0.4 is 5.73 Å². The van der Waals surface area contributed by atoms with Crippen LogP contribution in [0.15, 0.2) is 11.4 Å². The van der Waals surface area contributed by atoms with Crippen LogP contribution >= 0.6 is 22.9 Å². The molecular weight excluding hydrogens is 242 g/mol. The minimum absolute atomic E-state index is 0.0116. The summed E-state index contributed by atoms with van der Waals surface area (Å²) in [5, 5.41) is 2.78. The molecule has 0 aromatic carbocycles. The predicted molar refractivity (Wildman–Crippen MR) is 68.9 cm³/mol. The smallest absolute Gasteiger partial charge is 0.0600 e. The lowest BCUT2D eigenvalue weighted by Gasteiger charge is -2.25. The van der Waals surface area contributed by atoms with Gasteiger partial charge in [0.05, 0.1) is 17.2 Å². The van der Waals surface area contributed by atoms with Gasteiger partial charge in [-0.1, -0.05) is 18.5 Å². The highest BCUT2D eigenvalue weighted by molar-refractivity contribution is 7.10. The van der Waals surface area contributed by atoms with E-state index in [0.29, 0.717) is 11.8 Å². The second-order valence-electron chi connectivity index (χ2n) is 4.64. The molecular formula is C12H18ClNOS. The zero-order chi connectivity index (χ0) is 11.9. The maximum Gasteiger partial charge on any atom is 0.0600 e. The van der Waals surface area contributed by atoms with Gasteiger partial charge in [-0.2, -0.15) is 0 Å². The Morgan fingerprint density at radius 3 is 2.50 bits per heavy atom. The van der Waals surface area contributed by atoms with E-state index in [1.807, 2.05) is 11.4 Å². The quantitative estimate of drug-likeness (QED) is 0.883. The second kappa shape index (κ2) is 4.65. The summed E-state index contributed by atoms with van der Waals surface area (Å²) in [5.41, 5.74) is 6.33. The molecule has 0 radical (unpaired) electrons. The van der Waals surface area contributed by atoms with Crippen molar-refractivity contribution in [1.29, 1.82) is 0 Å². The van der Waals surface area contributed by atoms with Gasteiger partial charge >= 0.3 is 0 Å². The van der Waals surface area contributed by atoms with Crippen molar-refractivity contribution >= 4 is 22.9 Å². The van der Waals surface area contributed by atoms with E-state index in [4.69, 9.17) is 22.1 Å². The highest BCUT2D eigenvalue weighted by Gasteiger charge is 2.41. The summed E-state index contributed by atoms with van der Waals surface area (Å²) < 4.78 is 5.83. The van der Waals surface area contributed by atoms with Crippen LogP contribution in [0.4, 0.5) is 0 Å². The summed E-state index contributed by atoms with van der Waals surface area (Å²) in [6, 6.07) is 1.90. The molecule has 5 atom stereocenters. The Balaban J connectivity index is 2.22. The normalized spacial score (nSPS) is 36.6. The maximum absolute atomic E-state index is 6.33. The number of thiophene rings is 1. The van der Waals surface area contributed by atoms with Gasteiger partial charge in [0.25, 0.3) is 0 Å². The molecule has 0 bridgehead atoms. The van der Waals surface area contributed by atoms with Gasteiger partial charge in [0.2, 0.25) is 0 Å². The van der Waals surface area contributed by atoms with Gasteiger partial charge in [-0.25, -0.2) is 0 Å². The third-order valence-electron chi connectivity index (χ3n) is 3.68. The molecule has 1 saturated heterocycles. The van der Waals surface area contributed by atoms with Crippen LogP contribution in [0.1, 0.15) is 31.7 Å². The van der Waals surface area contributed by atoms with Gasteiger partial charge in [0.15, 0.2) is 0 Å². The first-order valence-corrected chi connectivity index (χ1v) is 6.92. The highest BCUT2D eigenvalue weighted by Crippen LogP contribution is 2.42. The molecule has 90 valence electrons. The molecule has 0 aliphatic carbocycles. The van der Waals surface area contributed by atoms with E-state index in [2.05, 4.69) is 20.8 Å². The Bertz CT molecular complexity index is 368. The molecule has 0 saturated carbocycles. The van der Waals surface area contributed by atoms with Gasteiger partial charge in [-0.05, 0) is 31.2 Å². The van der Waals surface area contributed by atoms with Gasteiger partial charge < -0.3 is 10.5 Å². The molecule has 1 aliphatic heterocycles. The molecule has 4 heteroatoms. The van der Waals surface area contributed by atoms with Crippen LogP contribution in [0.2, 0.25) is 5.02 Å². The van der Waals surface area contributed by atoms with E-state index >= 15 is 0 Å². The van der Waals surface area contributed by atoms with Crippen molar-refractivity contribution in [2.45, 2.75) is 39.0 Å². The van der Waals surface area contributed by atoms with Crippen LogP contribution in [-0.2, 0) is 4.74 Å². The summed E-state index contributed by atoms with van der Waals surface area (Å²) in [6.45, 7) is 6.43. The number of ether oxygens (including phenoxy) is 1. The first-order valence-electron chi connectivity index (χ1n) is 5.66. The van der Waals surface area contributed by atoms with Crippen molar-refractivity contribution in [3.05, 3.63) is 21.3 Å². The Hall–Kier alpha value is -0.0900. The van der Waals surface area contributed by atoms with Gasteiger partial charge in [-0.15, -0.1) is 11.3 Å². The van der Waals surface area contributed by atoms with Gasteiger partial charge in [0.1, 0.15) is 0 Å². The zero-order valence-corrected chi connectivity index (χ0v) is 11.4. The molecule has 1 fully saturated rings. The Kier molecular flexibility index (Phi) is 3.59. The fraction of sp³-hybridized carbons (Fsp3) is 0.667. The van der Waals surface area contributed by atoms with E-state index in [1.54, 1.807) is 11.3 Å². The molecule has 1 aromatic rings. The highest BCUT2D eigenvalue weighted by atomic mass is 35.5. The maximum atomic E-state index is 6.33. The summed E-state index contributed by atoms with van der Waals surface area (Å²) in [4.78, 5) is 1.09. The van der Waals surface area contributed by atoms with E-state index < -0.39 is 0 Å². The number of hydrogen-bond donors (Lipinski definition) is 1. The largest absolute Gasteiger partial charge is 0.375 e. The fourth-order valence-corrected chi connectivity index (χ4v) is 3.87. The van der Waals surface area contributed by atoms with Gasteiger partial charge in [-0.3, -0.25) is 0 Å². The molecule has 0 amide bonds. The topological polar surface area (TPSA) is 35.2 Å². The summed E-state index contributed by atoms with van der Waals surface area (Å²) in [5.74, 6) is 0.828. The molecule has 1 aliphatic rings. The van der Waals surface area contributed by atoms with Crippen LogP contribution in [0.3, 0.4) is 0 Å². The van der Waals surface area contributed by atoms with Crippen molar-refractivity contribution < 1.29 is 4.74 Å².